The van der Waals surface area contributed by atoms with Crippen LogP contribution in [0.1, 0.15) is 12.8 Å². The summed E-state index contributed by atoms with van der Waals surface area (Å²) in [6.07, 6.45) is 2.29. The van der Waals surface area contributed by atoms with Crippen LogP contribution in [0.4, 0.5) is 15.8 Å². The molecule has 0 amide bonds. The molecule has 0 bridgehead atoms. The molecular weight excluding hydrogens is 219 g/mol. The van der Waals surface area contributed by atoms with E-state index < -0.39 is 0 Å². The first kappa shape index (κ1) is 12.2. The lowest BCUT2D eigenvalue weighted by Crippen LogP contribution is -2.37. The maximum Gasteiger partial charge on any atom is 0.127 e. The number of halogens is 1. The van der Waals surface area contributed by atoms with Gasteiger partial charge in [0.25, 0.3) is 0 Å². The van der Waals surface area contributed by atoms with Crippen molar-refractivity contribution in [3.63, 3.8) is 0 Å². The Labute approximate surface area is 101 Å². The van der Waals surface area contributed by atoms with E-state index >= 15 is 0 Å². The van der Waals surface area contributed by atoms with E-state index in [2.05, 4.69) is 4.90 Å². The molecule has 1 aliphatic heterocycles. The van der Waals surface area contributed by atoms with Crippen molar-refractivity contribution in [1.82, 2.24) is 0 Å². The van der Waals surface area contributed by atoms with E-state index in [1.807, 2.05) is 6.07 Å². The second-order valence-electron chi connectivity index (χ2n) is 4.65. The van der Waals surface area contributed by atoms with Crippen LogP contribution < -0.4 is 10.6 Å². The van der Waals surface area contributed by atoms with E-state index in [1.165, 1.54) is 12.5 Å². The van der Waals surface area contributed by atoms with Crippen molar-refractivity contribution in [2.45, 2.75) is 12.8 Å². The van der Waals surface area contributed by atoms with Crippen LogP contribution >= 0.6 is 0 Å². The molecule has 94 valence electrons. The zero-order chi connectivity index (χ0) is 12.3. The van der Waals surface area contributed by atoms with Crippen molar-refractivity contribution in [3.05, 3.63) is 24.0 Å². The summed E-state index contributed by atoms with van der Waals surface area (Å²) in [6.45, 7) is 2.64. The number of methoxy groups -OCH3 is 1. The highest BCUT2D eigenvalue weighted by molar-refractivity contribution is 5.56. The van der Waals surface area contributed by atoms with E-state index in [1.54, 1.807) is 13.2 Å². The molecule has 4 heteroatoms. The molecule has 0 aromatic heterocycles. The molecule has 1 aromatic rings. The number of nitrogens with zero attached hydrogens (tertiary/aromatic N) is 1. The first-order valence-electron chi connectivity index (χ1n) is 5.99. The SMILES string of the molecule is COCC1CCCN(c2cc(N)cc(F)c2)C1. The molecule has 1 saturated heterocycles. The van der Waals surface area contributed by atoms with Crippen LogP contribution in [-0.2, 0) is 4.74 Å². The zero-order valence-electron chi connectivity index (χ0n) is 10.2. The molecule has 0 aliphatic carbocycles. The summed E-state index contributed by atoms with van der Waals surface area (Å²) < 4.78 is 18.5. The highest BCUT2D eigenvalue weighted by Crippen LogP contribution is 2.25. The van der Waals surface area contributed by atoms with Crippen LogP contribution in [0.15, 0.2) is 18.2 Å². The Bertz CT molecular complexity index is 361. The zero-order valence-corrected chi connectivity index (χ0v) is 10.2. The number of nitrogen functional groups attached to an aromatic ring is 1. The average Bonchev–Trinajstić information content (AvgIpc) is 2.28. The fraction of sp³-hybridized carbons (Fsp3) is 0.538. The third-order valence-corrected chi connectivity index (χ3v) is 3.19. The van der Waals surface area contributed by atoms with Gasteiger partial charge in [0.05, 0.1) is 6.61 Å². The van der Waals surface area contributed by atoms with Gasteiger partial charge in [-0.15, -0.1) is 0 Å². The van der Waals surface area contributed by atoms with Gasteiger partial charge in [-0.25, -0.2) is 4.39 Å². The molecule has 17 heavy (non-hydrogen) atoms. The van der Waals surface area contributed by atoms with Gasteiger partial charge >= 0.3 is 0 Å². The van der Waals surface area contributed by atoms with Gasteiger partial charge in [0, 0.05) is 31.6 Å². The van der Waals surface area contributed by atoms with Crippen LogP contribution in [0.3, 0.4) is 0 Å². The molecule has 1 atom stereocenters. The van der Waals surface area contributed by atoms with Crippen molar-refractivity contribution in [2.24, 2.45) is 5.92 Å². The summed E-state index contributed by atoms with van der Waals surface area (Å²) in [6, 6.07) is 4.73. The second kappa shape index (κ2) is 5.36. The van der Waals surface area contributed by atoms with Gasteiger partial charge in [0.2, 0.25) is 0 Å². The lowest BCUT2D eigenvalue weighted by Gasteiger charge is -2.34. The number of anilines is 2. The smallest absolute Gasteiger partial charge is 0.127 e. The van der Waals surface area contributed by atoms with Crippen molar-refractivity contribution < 1.29 is 9.13 Å². The van der Waals surface area contributed by atoms with Gasteiger partial charge in [-0.1, -0.05) is 0 Å². The standard InChI is InChI=1S/C13H19FN2O/c1-17-9-10-3-2-4-16(8-10)13-6-11(14)5-12(15)7-13/h5-7,10H,2-4,8-9,15H2,1H3. The predicted octanol–water partition coefficient (Wildman–Crippen LogP) is 2.27. The first-order chi connectivity index (χ1) is 8.19. The van der Waals surface area contributed by atoms with E-state index in [0.29, 0.717) is 11.6 Å². The normalized spacial score (nSPS) is 20.6. The maximum absolute atomic E-state index is 13.3. The van der Waals surface area contributed by atoms with E-state index in [-0.39, 0.29) is 5.82 Å². The molecule has 2 rings (SSSR count). The fourth-order valence-corrected chi connectivity index (χ4v) is 2.45. The first-order valence-corrected chi connectivity index (χ1v) is 5.99. The highest BCUT2D eigenvalue weighted by Gasteiger charge is 2.20. The third-order valence-electron chi connectivity index (χ3n) is 3.19. The monoisotopic (exact) mass is 238 g/mol. The van der Waals surface area contributed by atoms with Crippen LogP contribution in [-0.4, -0.2) is 26.8 Å². The topological polar surface area (TPSA) is 38.5 Å². The summed E-state index contributed by atoms with van der Waals surface area (Å²) in [7, 11) is 1.72. The molecule has 1 unspecified atom stereocenters. The van der Waals surface area contributed by atoms with Gasteiger partial charge in [0.1, 0.15) is 5.82 Å². The van der Waals surface area contributed by atoms with Gasteiger partial charge in [-0.2, -0.15) is 0 Å². The van der Waals surface area contributed by atoms with Crippen LogP contribution in [0.2, 0.25) is 0 Å². The minimum absolute atomic E-state index is 0.270. The fourth-order valence-electron chi connectivity index (χ4n) is 2.45. The molecule has 0 saturated carbocycles. The van der Waals surface area contributed by atoms with Crippen molar-refractivity contribution >= 4 is 11.4 Å². The van der Waals surface area contributed by atoms with E-state index in [4.69, 9.17) is 10.5 Å². The lowest BCUT2D eigenvalue weighted by molar-refractivity contribution is 0.143. The Hall–Kier alpha value is -1.29. The Kier molecular flexibility index (Phi) is 3.84. The molecule has 1 heterocycles. The highest BCUT2D eigenvalue weighted by atomic mass is 19.1. The number of piperidine rings is 1. The number of rotatable bonds is 3. The lowest BCUT2D eigenvalue weighted by atomic mass is 9.98. The minimum Gasteiger partial charge on any atom is -0.399 e. The maximum atomic E-state index is 13.3. The average molecular weight is 238 g/mol. The number of nitrogens with two attached hydrogens (primary N) is 1. The van der Waals surface area contributed by atoms with Gasteiger partial charge < -0.3 is 15.4 Å². The largest absolute Gasteiger partial charge is 0.399 e. The van der Waals surface area contributed by atoms with Crippen molar-refractivity contribution in [3.8, 4) is 0 Å². The summed E-state index contributed by atoms with van der Waals surface area (Å²) >= 11 is 0. The van der Waals surface area contributed by atoms with E-state index in [0.717, 1.165) is 31.8 Å². The summed E-state index contributed by atoms with van der Waals surface area (Å²) in [5.41, 5.74) is 7.03. The molecule has 3 nitrogen and oxygen atoms in total. The molecule has 1 aliphatic rings. The predicted molar refractivity (Wildman–Crippen MR) is 67.6 cm³/mol. The van der Waals surface area contributed by atoms with Gasteiger partial charge in [0.15, 0.2) is 0 Å². The quantitative estimate of drug-likeness (QED) is 0.821. The van der Waals surface area contributed by atoms with Crippen molar-refractivity contribution in [1.29, 1.82) is 0 Å². The molecule has 1 fully saturated rings. The molecule has 2 N–H and O–H groups in total. The molecular formula is C13H19FN2O. The Balaban J connectivity index is 2.10. The Morgan fingerprint density at radius 2 is 2.29 bits per heavy atom. The Morgan fingerprint density at radius 1 is 1.47 bits per heavy atom. The molecule has 0 spiro atoms. The second-order valence-corrected chi connectivity index (χ2v) is 4.65. The number of hydrogen-bond acceptors (Lipinski definition) is 3. The van der Waals surface area contributed by atoms with Crippen LogP contribution in [0.5, 0.6) is 0 Å². The van der Waals surface area contributed by atoms with Crippen molar-refractivity contribution in [2.75, 3.05) is 37.4 Å². The summed E-state index contributed by atoms with van der Waals surface area (Å²) in [5, 5.41) is 0. The summed E-state index contributed by atoms with van der Waals surface area (Å²) in [5.74, 6) is 0.257. The van der Waals surface area contributed by atoms with Crippen LogP contribution in [0.25, 0.3) is 0 Å². The minimum atomic E-state index is -0.270. The van der Waals surface area contributed by atoms with Crippen LogP contribution in [0, 0.1) is 11.7 Å². The van der Waals surface area contributed by atoms with E-state index in [9.17, 15) is 4.39 Å². The summed E-state index contributed by atoms with van der Waals surface area (Å²) in [4.78, 5) is 2.19. The number of benzene rings is 1. The Morgan fingerprint density at radius 3 is 3.00 bits per heavy atom. The van der Waals surface area contributed by atoms with Gasteiger partial charge in [-0.3, -0.25) is 0 Å². The number of hydrogen-bond donors (Lipinski definition) is 1. The third kappa shape index (κ3) is 3.09. The number of ether oxygens (including phenoxy) is 1. The molecule has 1 aromatic carbocycles. The molecule has 0 radical (unpaired) electrons. The van der Waals surface area contributed by atoms with Gasteiger partial charge in [-0.05, 0) is 37.0 Å².